The fraction of sp³-hybridized carbons (Fsp3) is 0.963. The molecule has 0 amide bonds. The molecule has 7 fully saturated rings. The molecule has 30 atom stereocenters. The van der Waals surface area contributed by atoms with Crippen LogP contribution in [0.15, 0.2) is 11.6 Å². The van der Waals surface area contributed by atoms with Crippen molar-refractivity contribution < 1.29 is 120 Å². The molecule has 0 spiro atoms. The third kappa shape index (κ3) is 11.0. The van der Waals surface area contributed by atoms with Crippen LogP contribution in [-0.2, 0) is 37.9 Å². The number of hydrogen-bond acceptors (Lipinski definition) is 24. The van der Waals surface area contributed by atoms with Gasteiger partial charge >= 0.3 is 0 Å². The standard InChI is InChI=1S/C54H92O24/c1-22(23-15-16-52(6)30-12-10-24-25(11-13-31(58)50(24,2)3)54(30,8)32(59)17-53(23,52)7)9-14-33(51(4,5)70)76-49-45(39(65)36(62)29(75-49)21-71-46-41(67)37(63)34(60)26(18-55)72-46)78-48-43(69)40(66)44(28(20-57)74-48)77-47-42(68)38(64)35(61)27(19-56)73-47/h10,22-23,25-49,55-70H,9,11-21H2,1-8H3/t22-,23?,25?,26-,27-,28-,29-,30?,31+,32-,33-,34-,35-,36-,37+,38+,39+,40-,41-,42-,43-,44-,45-,46+,47-,48+,49+,52+,53-,54+/m1/s1. The van der Waals surface area contributed by atoms with E-state index in [0.29, 0.717) is 19.3 Å². The molecular formula is C54H92O24. The third-order valence-corrected chi connectivity index (χ3v) is 20.8. The number of aliphatic hydroxyl groups excluding tert-OH is 15. The van der Waals surface area contributed by atoms with Crippen LogP contribution in [0.3, 0.4) is 0 Å². The van der Waals surface area contributed by atoms with Gasteiger partial charge < -0.3 is 120 Å². The van der Waals surface area contributed by atoms with E-state index in [1.807, 2.05) is 0 Å². The fourth-order valence-electron chi connectivity index (χ4n) is 15.5. The summed E-state index contributed by atoms with van der Waals surface area (Å²) in [4.78, 5) is 0. The first-order chi connectivity index (χ1) is 36.4. The van der Waals surface area contributed by atoms with E-state index in [1.165, 1.54) is 19.4 Å². The van der Waals surface area contributed by atoms with Crippen molar-refractivity contribution in [2.75, 3.05) is 26.4 Å². The van der Waals surface area contributed by atoms with Crippen molar-refractivity contribution in [2.24, 2.45) is 45.3 Å². The van der Waals surface area contributed by atoms with Crippen LogP contribution in [0.4, 0.5) is 0 Å². The molecule has 78 heavy (non-hydrogen) atoms. The molecule has 0 aromatic carbocycles. The average molecular weight is 1130 g/mol. The molecule has 8 rings (SSSR count). The molecule has 0 aromatic heterocycles. The highest BCUT2D eigenvalue weighted by molar-refractivity contribution is 5.31. The second-order valence-corrected chi connectivity index (χ2v) is 25.9. The van der Waals surface area contributed by atoms with E-state index in [1.54, 1.807) is 0 Å². The molecule has 16 N–H and O–H groups in total. The minimum Gasteiger partial charge on any atom is -0.394 e. The smallest absolute Gasteiger partial charge is 0.187 e. The quantitative estimate of drug-likeness (QED) is 0.0637. The van der Waals surface area contributed by atoms with E-state index in [4.69, 9.17) is 37.9 Å². The van der Waals surface area contributed by atoms with Crippen molar-refractivity contribution in [3.05, 3.63) is 11.6 Å². The summed E-state index contributed by atoms with van der Waals surface area (Å²) < 4.78 is 47.2. The minimum atomic E-state index is -2.09. The van der Waals surface area contributed by atoms with Crippen molar-refractivity contribution in [3.8, 4) is 0 Å². The zero-order valence-electron chi connectivity index (χ0n) is 46.1. The highest BCUT2D eigenvalue weighted by atomic mass is 16.8. The highest BCUT2D eigenvalue weighted by Gasteiger charge is 2.70. The van der Waals surface area contributed by atoms with Gasteiger partial charge in [-0.3, -0.25) is 0 Å². The largest absolute Gasteiger partial charge is 0.394 e. The molecule has 452 valence electrons. The lowest BCUT2D eigenvalue weighted by Crippen LogP contribution is -2.67. The lowest BCUT2D eigenvalue weighted by Gasteiger charge is -2.67. The summed E-state index contributed by atoms with van der Waals surface area (Å²) in [7, 11) is 0. The first kappa shape index (κ1) is 62.8. The lowest BCUT2D eigenvalue weighted by atomic mass is 9.38. The van der Waals surface area contributed by atoms with E-state index in [-0.39, 0.29) is 46.3 Å². The predicted octanol–water partition coefficient (Wildman–Crippen LogP) is -3.23. The first-order valence-corrected chi connectivity index (χ1v) is 28.0. The van der Waals surface area contributed by atoms with E-state index < -0.39 is 179 Å². The number of ether oxygens (including phenoxy) is 8. The van der Waals surface area contributed by atoms with Crippen LogP contribution in [0.2, 0.25) is 0 Å². The van der Waals surface area contributed by atoms with E-state index in [9.17, 15) is 81.7 Å². The van der Waals surface area contributed by atoms with Gasteiger partial charge in [0, 0.05) is 10.8 Å². The zero-order chi connectivity index (χ0) is 57.5. The summed E-state index contributed by atoms with van der Waals surface area (Å²) in [5.74, 6) is 0.494. The Morgan fingerprint density at radius 2 is 1.09 bits per heavy atom. The number of aliphatic hydroxyl groups is 16. The highest BCUT2D eigenvalue weighted by Crippen LogP contribution is 2.75. The van der Waals surface area contributed by atoms with E-state index in [0.717, 1.165) is 25.7 Å². The zero-order valence-corrected chi connectivity index (χ0v) is 46.1. The fourth-order valence-corrected chi connectivity index (χ4v) is 15.5. The van der Waals surface area contributed by atoms with Crippen molar-refractivity contribution in [1.29, 1.82) is 0 Å². The third-order valence-electron chi connectivity index (χ3n) is 20.8. The van der Waals surface area contributed by atoms with Crippen LogP contribution < -0.4 is 0 Å². The normalized spacial score (nSPS) is 51.4. The first-order valence-electron chi connectivity index (χ1n) is 28.0. The van der Waals surface area contributed by atoms with Crippen LogP contribution in [0.5, 0.6) is 0 Å². The van der Waals surface area contributed by atoms with Gasteiger partial charge in [-0.2, -0.15) is 0 Å². The second kappa shape index (κ2) is 23.7. The summed E-state index contributed by atoms with van der Waals surface area (Å²) in [6.45, 7) is 13.2. The number of hydrogen-bond donors (Lipinski definition) is 16. The molecule has 4 heterocycles. The Kier molecular flexibility index (Phi) is 19.1. The Balaban J connectivity index is 1.01. The van der Waals surface area contributed by atoms with Gasteiger partial charge in [0.15, 0.2) is 25.2 Å². The van der Waals surface area contributed by atoms with Gasteiger partial charge in [0.1, 0.15) is 97.7 Å². The number of rotatable bonds is 17. The van der Waals surface area contributed by atoms with Gasteiger partial charge in [-0.05, 0) is 99.7 Å². The van der Waals surface area contributed by atoms with Gasteiger partial charge in [-0.1, -0.05) is 53.2 Å². The molecule has 3 unspecified atom stereocenters. The van der Waals surface area contributed by atoms with Crippen molar-refractivity contribution in [1.82, 2.24) is 0 Å². The molecular weight excluding hydrogens is 1030 g/mol. The Labute approximate surface area is 455 Å². The van der Waals surface area contributed by atoms with Crippen LogP contribution in [0.1, 0.15) is 107 Å². The molecule has 0 aromatic rings. The summed E-state index contributed by atoms with van der Waals surface area (Å²) in [5.41, 5.74) is -1.58. The maximum Gasteiger partial charge on any atom is 0.187 e. The van der Waals surface area contributed by atoms with Gasteiger partial charge in [-0.25, -0.2) is 0 Å². The monoisotopic (exact) mass is 1120 g/mol. The summed E-state index contributed by atoms with van der Waals surface area (Å²) in [6, 6.07) is 0. The Morgan fingerprint density at radius 1 is 0.577 bits per heavy atom. The maximum absolute atomic E-state index is 12.5. The van der Waals surface area contributed by atoms with Crippen molar-refractivity contribution in [3.63, 3.8) is 0 Å². The molecule has 3 saturated carbocycles. The number of fused-ring (bicyclic) bond motifs is 5. The minimum absolute atomic E-state index is 0.0209. The summed E-state index contributed by atoms with van der Waals surface area (Å²) in [5, 5.41) is 175. The van der Waals surface area contributed by atoms with Crippen molar-refractivity contribution in [2.45, 2.75) is 253 Å². The van der Waals surface area contributed by atoms with E-state index in [2.05, 4.69) is 47.6 Å². The van der Waals surface area contributed by atoms with Crippen molar-refractivity contribution >= 4 is 0 Å². The maximum atomic E-state index is 12.5. The second-order valence-electron chi connectivity index (χ2n) is 25.9. The molecule has 8 aliphatic rings. The topological polar surface area (TPSA) is 398 Å². The van der Waals surface area contributed by atoms with Gasteiger partial charge in [0.2, 0.25) is 0 Å². The van der Waals surface area contributed by atoms with Crippen LogP contribution in [-0.4, -0.2) is 255 Å². The Bertz CT molecular complexity index is 2020. The average Bonchev–Trinajstić information content (AvgIpc) is 3.86. The van der Waals surface area contributed by atoms with Gasteiger partial charge in [-0.15, -0.1) is 0 Å². The molecule has 4 aliphatic heterocycles. The number of allylic oxidation sites excluding steroid dienone is 1. The molecule has 0 radical (unpaired) electrons. The Hall–Kier alpha value is -1.22. The van der Waals surface area contributed by atoms with Crippen LogP contribution >= 0.6 is 0 Å². The molecule has 4 saturated heterocycles. The summed E-state index contributed by atoms with van der Waals surface area (Å²) in [6.07, 6.45) is -30.0. The SMILES string of the molecule is C[C@H](CC[C@@H](O[C@@H]1O[C@H](CO[C@H]2O[C@H](CO)[C@@H](O)[C@H](O)[C@H]2O)[C@@H](O)[C@H](O)[C@H]1O[C@@H]1O[C@H](CO)[C@@H](O[C@H]2O[C@H](CO)[C@@H](O)[C@H](O)[C@H]2O)[C@H](O)[C@H]1O)C(C)(C)O)C1CC[C@@]2(C)C3CC=C4C(CC[C@H](O)C4(C)C)[C@]3(C)[C@H](O)C[C@]12C. The molecule has 4 aliphatic carbocycles. The summed E-state index contributed by atoms with van der Waals surface area (Å²) >= 11 is 0. The molecule has 24 nitrogen and oxygen atoms in total. The predicted molar refractivity (Wildman–Crippen MR) is 268 cm³/mol. The Morgan fingerprint density at radius 3 is 1.68 bits per heavy atom. The molecule has 0 bridgehead atoms. The van der Waals surface area contributed by atoms with Crippen LogP contribution in [0, 0.1) is 45.3 Å². The van der Waals surface area contributed by atoms with Gasteiger partial charge in [0.05, 0.1) is 50.3 Å². The molecule has 24 heteroatoms. The van der Waals surface area contributed by atoms with Crippen LogP contribution in [0.25, 0.3) is 0 Å². The van der Waals surface area contributed by atoms with Gasteiger partial charge in [0.25, 0.3) is 0 Å². The lowest BCUT2D eigenvalue weighted by molar-refractivity contribution is -0.391. The van der Waals surface area contributed by atoms with E-state index >= 15 is 0 Å².